The maximum absolute atomic E-state index is 5.86. The molecule has 4 nitrogen and oxygen atoms in total. The van der Waals surface area contributed by atoms with Crippen LogP contribution in [-0.4, -0.2) is 61.7 Å². The van der Waals surface area contributed by atoms with E-state index < -0.39 is 0 Å². The van der Waals surface area contributed by atoms with Gasteiger partial charge in [0.25, 0.3) is 0 Å². The predicted molar refractivity (Wildman–Crippen MR) is 85.8 cm³/mol. The summed E-state index contributed by atoms with van der Waals surface area (Å²) in [7, 11) is 0. The minimum atomic E-state index is 0.532. The molecule has 0 saturated carbocycles. The van der Waals surface area contributed by atoms with Gasteiger partial charge in [-0.05, 0) is 12.5 Å². The molecule has 4 heteroatoms. The van der Waals surface area contributed by atoms with E-state index >= 15 is 0 Å². The Labute approximate surface area is 127 Å². The van der Waals surface area contributed by atoms with Crippen molar-refractivity contribution >= 4 is 0 Å². The molecule has 2 N–H and O–H groups in total. The Morgan fingerprint density at radius 3 is 2.71 bits per heavy atom. The number of nitrogens with two attached hydrogens (primary N) is 1. The topological polar surface area (TPSA) is 41.7 Å². The van der Waals surface area contributed by atoms with Crippen LogP contribution in [0, 0.1) is 0 Å². The second-order valence-electron chi connectivity index (χ2n) is 6.18. The molecule has 0 radical (unpaired) electrons. The van der Waals surface area contributed by atoms with E-state index in [-0.39, 0.29) is 0 Å². The fourth-order valence-corrected chi connectivity index (χ4v) is 3.58. The van der Waals surface area contributed by atoms with E-state index in [4.69, 9.17) is 10.5 Å². The monoisotopic (exact) mass is 289 g/mol. The van der Waals surface area contributed by atoms with E-state index in [1.165, 1.54) is 5.56 Å². The number of para-hydroxylation sites is 1. The van der Waals surface area contributed by atoms with Crippen molar-refractivity contribution in [1.82, 2.24) is 9.80 Å². The molecule has 0 aliphatic carbocycles. The summed E-state index contributed by atoms with van der Waals surface area (Å²) in [5.74, 6) is 1.61. The van der Waals surface area contributed by atoms with Gasteiger partial charge in [0.1, 0.15) is 5.75 Å². The molecular weight excluding hydrogens is 262 g/mol. The first-order valence-electron chi connectivity index (χ1n) is 8.20. The highest BCUT2D eigenvalue weighted by atomic mass is 16.5. The minimum absolute atomic E-state index is 0.532. The van der Waals surface area contributed by atoms with E-state index in [0.29, 0.717) is 12.0 Å². The van der Waals surface area contributed by atoms with E-state index in [9.17, 15) is 0 Å². The Morgan fingerprint density at radius 1 is 1.24 bits per heavy atom. The number of fused-ring (bicyclic) bond motifs is 1. The van der Waals surface area contributed by atoms with Crippen molar-refractivity contribution in [2.45, 2.75) is 25.3 Å². The zero-order valence-electron chi connectivity index (χ0n) is 13.0. The zero-order valence-corrected chi connectivity index (χ0v) is 13.0. The van der Waals surface area contributed by atoms with E-state index in [1.807, 2.05) is 0 Å². The van der Waals surface area contributed by atoms with Gasteiger partial charge in [-0.25, -0.2) is 0 Å². The molecular formula is C17H27N3O. The molecule has 0 spiro atoms. The van der Waals surface area contributed by atoms with Crippen molar-refractivity contribution in [3.63, 3.8) is 0 Å². The van der Waals surface area contributed by atoms with E-state index in [1.54, 1.807) is 0 Å². The molecule has 0 aromatic heterocycles. The molecule has 2 heterocycles. The number of rotatable bonds is 5. The third kappa shape index (κ3) is 3.23. The fraction of sp³-hybridized carbons (Fsp3) is 0.647. The highest BCUT2D eigenvalue weighted by Gasteiger charge is 2.28. The van der Waals surface area contributed by atoms with Gasteiger partial charge in [-0.15, -0.1) is 0 Å². The van der Waals surface area contributed by atoms with Crippen molar-refractivity contribution in [3.05, 3.63) is 29.8 Å². The molecule has 3 rings (SSSR count). The van der Waals surface area contributed by atoms with Crippen LogP contribution in [0.15, 0.2) is 24.3 Å². The number of hydrogen-bond acceptors (Lipinski definition) is 4. The maximum Gasteiger partial charge on any atom is 0.122 e. The summed E-state index contributed by atoms with van der Waals surface area (Å²) in [6.45, 7) is 9.54. The van der Waals surface area contributed by atoms with Crippen LogP contribution in [-0.2, 0) is 0 Å². The van der Waals surface area contributed by atoms with Crippen LogP contribution < -0.4 is 10.5 Å². The summed E-state index contributed by atoms with van der Waals surface area (Å²) in [5, 5.41) is 0. The second kappa shape index (κ2) is 6.77. The number of ether oxygens (including phenoxy) is 1. The van der Waals surface area contributed by atoms with Crippen molar-refractivity contribution in [3.8, 4) is 5.75 Å². The van der Waals surface area contributed by atoms with Crippen LogP contribution >= 0.6 is 0 Å². The summed E-state index contributed by atoms with van der Waals surface area (Å²) >= 11 is 0. The molecule has 0 bridgehead atoms. The molecule has 2 atom stereocenters. The van der Waals surface area contributed by atoms with E-state index in [2.05, 4.69) is 41.0 Å². The number of hydrogen-bond donors (Lipinski definition) is 1. The smallest absolute Gasteiger partial charge is 0.122 e. The molecule has 2 aliphatic rings. The van der Waals surface area contributed by atoms with Gasteiger partial charge >= 0.3 is 0 Å². The van der Waals surface area contributed by atoms with Crippen LogP contribution in [0.3, 0.4) is 0 Å². The Morgan fingerprint density at radius 2 is 2.00 bits per heavy atom. The third-order valence-electron chi connectivity index (χ3n) is 4.94. The first-order chi connectivity index (χ1) is 10.3. The number of nitrogens with zero attached hydrogens (tertiary/aromatic N) is 2. The Hall–Kier alpha value is -1.10. The lowest BCUT2D eigenvalue weighted by Crippen LogP contribution is -2.52. The largest absolute Gasteiger partial charge is 0.493 e. The van der Waals surface area contributed by atoms with Gasteiger partial charge in [-0.2, -0.15) is 0 Å². The van der Waals surface area contributed by atoms with Crippen molar-refractivity contribution in [2.75, 3.05) is 45.9 Å². The summed E-state index contributed by atoms with van der Waals surface area (Å²) < 4.78 is 5.79. The van der Waals surface area contributed by atoms with Gasteiger partial charge in [-0.1, -0.05) is 25.1 Å². The molecule has 1 aromatic rings. The SMILES string of the molecule is CCC(CN)N1CCN(CC2COc3ccccc32)CC1. The lowest BCUT2D eigenvalue weighted by molar-refractivity contribution is 0.0910. The van der Waals surface area contributed by atoms with Gasteiger partial charge < -0.3 is 15.4 Å². The van der Waals surface area contributed by atoms with Crippen molar-refractivity contribution in [1.29, 1.82) is 0 Å². The second-order valence-corrected chi connectivity index (χ2v) is 6.18. The van der Waals surface area contributed by atoms with Crippen molar-refractivity contribution < 1.29 is 4.74 Å². The normalized spacial score (nSPS) is 24.6. The summed E-state index contributed by atoms with van der Waals surface area (Å²) in [6.07, 6.45) is 1.15. The Balaban J connectivity index is 1.52. The van der Waals surface area contributed by atoms with Crippen LogP contribution in [0.25, 0.3) is 0 Å². The highest BCUT2D eigenvalue weighted by Crippen LogP contribution is 2.34. The molecule has 2 unspecified atom stereocenters. The standard InChI is InChI=1S/C17H27N3O/c1-2-15(11-18)20-9-7-19(8-10-20)12-14-13-21-17-6-4-3-5-16(14)17/h3-6,14-15H,2,7-13,18H2,1H3. The summed E-state index contributed by atoms with van der Waals surface area (Å²) in [6, 6.07) is 9.02. The first-order valence-corrected chi connectivity index (χ1v) is 8.20. The van der Waals surface area contributed by atoms with Crippen LogP contribution in [0.1, 0.15) is 24.8 Å². The maximum atomic E-state index is 5.86. The third-order valence-corrected chi connectivity index (χ3v) is 4.94. The van der Waals surface area contributed by atoms with Gasteiger partial charge in [0.2, 0.25) is 0 Å². The van der Waals surface area contributed by atoms with Gasteiger partial charge in [0.05, 0.1) is 6.61 Å². The summed E-state index contributed by atoms with van der Waals surface area (Å²) in [5.41, 5.74) is 7.24. The molecule has 1 aromatic carbocycles. The Bertz CT molecular complexity index is 453. The van der Waals surface area contributed by atoms with E-state index in [0.717, 1.165) is 58.0 Å². The molecule has 116 valence electrons. The van der Waals surface area contributed by atoms with Gasteiger partial charge in [0, 0.05) is 56.8 Å². The summed E-state index contributed by atoms with van der Waals surface area (Å²) in [4.78, 5) is 5.13. The molecule has 2 aliphatic heterocycles. The fourth-order valence-electron chi connectivity index (χ4n) is 3.58. The molecule has 0 amide bonds. The Kier molecular flexibility index (Phi) is 4.78. The van der Waals surface area contributed by atoms with Crippen LogP contribution in [0.2, 0.25) is 0 Å². The molecule has 1 saturated heterocycles. The van der Waals surface area contributed by atoms with Gasteiger partial charge in [0.15, 0.2) is 0 Å². The average Bonchev–Trinajstić information content (AvgIpc) is 2.93. The molecule has 1 fully saturated rings. The molecule has 21 heavy (non-hydrogen) atoms. The quantitative estimate of drug-likeness (QED) is 0.892. The lowest BCUT2D eigenvalue weighted by atomic mass is 10.0. The highest BCUT2D eigenvalue weighted by molar-refractivity contribution is 5.39. The first kappa shape index (κ1) is 14.8. The number of benzene rings is 1. The predicted octanol–water partition coefficient (Wildman–Crippen LogP) is 1.52. The minimum Gasteiger partial charge on any atom is -0.493 e. The van der Waals surface area contributed by atoms with Gasteiger partial charge in [-0.3, -0.25) is 4.90 Å². The van der Waals surface area contributed by atoms with Crippen molar-refractivity contribution in [2.24, 2.45) is 5.73 Å². The average molecular weight is 289 g/mol. The number of piperazine rings is 1. The lowest BCUT2D eigenvalue weighted by Gasteiger charge is -2.39. The zero-order chi connectivity index (χ0) is 14.7. The van der Waals surface area contributed by atoms with Crippen LogP contribution in [0.5, 0.6) is 5.75 Å². The van der Waals surface area contributed by atoms with Crippen LogP contribution in [0.4, 0.5) is 0 Å².